The smallest absolute Gasteiger partial charge is 0.311 e. The third-order valence-electron chi connectivity index (χ3n) is 12.4. The van der Waals surface area contributed by atoms with E-state index in [-0.39, 0.29) is 18.7 Å². The SMILES string of the molecule is CCC1CC(CC)C2C3CC(C12)C1C2CC(C4C5CC(CC5C(=O)OCOC)C24)C31. The maximum absolute atomic E-state index is 12.7. The van der Waals surface area contributed by atoms with E-state index in [9.17, 15) is 4.79 Å². The quantitative estimate of drug-likeness (QED) is 0.352. The van der Waals surface area contributed by atoms with Crippen molar-refractivity contribution in [3.8, 4) is 0 Å². The molecule has 3 heteroatoms. The normalized spacial score (nSPS) is 60.8. The molecule has 0 heterocycles. The number of rotatable bonds is 5. The van der Waals surface area contributed by atoms with Crippen LogP contribution < -0.4 is 0 Å². The molecule has 15 atom stereocenters. The highest BCUT2D eigenvalue weighted by Crippen LogP contribution is 2.80. The van der Waals surface area contributed by atoms with Gasteiger partial charge in [-0.1, -0.05) is 26.7 Å². The van der Waals surface area contributed by atoms with Crippen LogP contribution in [0.3, 0.4) is 0 Å². The Kier molecular flexibility index (Phi) is 4.10. The lowest BCUT2D eigenvalue weighted by atomic mass is 9.55. The van der Waals surface area contributed by atoms with Crippen molar-refractivity contribution in [2.24, 2.45) is 88.8 Å². The van der Waals surface area contributed by atoms with Crippen LogP contribution in [0.1, 0.15) is 58.8 Å². The van der Waals surface area contributed by atoms with Crippen LogP contribution in [-0.4, -0.2) is 19.9 Å². The first kappa shape index (κ1) is 18.9. The number of carbonyl (C=O) groups excluding carboxylic acids is 1. The molecule has 0 saturated heterocycles. The molecule has 30 heavy (non-hydrogen) atoms. The molecule has 0 amide bonds. The molecule has 7 saturated carbocycles. The zero-order valence-corrected chi connectivity index (χ0v) is 19.0. The van der Waals surface area contributed by atoms with Crippen LogP contribution in [0, 0.1) is 88.8 Å². The summed E-state index contributed by atoms with van der Waals surface area (Å²) >= 11 is 0. The zero-order chi connectivity index (χ0) is 20.3. The third kappa shape index (κ3) is 2.10. The van der Waals surface area contributed by atoms with E-state index in [1.54, 1.807) is 13.5 Å². The molecule has 7 fully saturated rings. The van der Waals surface area contributed by atoms with Gasteiger partial charge in [-0.15, -0.1) is 0 Å². The fourth-order valence-corrected chi connectivity index (χ4v) is 12.4. The summed E-state index contributed by atoms with van der Waals surface area (Å²) in [7, 11) is 1.61. The van der Waals surface area contributed by atoms with E-state index in [0.29, 0.717) is 5.92 Å². The van der Waals surface area contributed by atoms with E-state index in [1.165, 1.54) is 32.1 Å². The van der Waals surface area contributed by atoms with Crippen molar-refractivity contribution >= 4 is 5.97 Å². The highest BCUT2D eigenvalue weighted by molar-refractivity contribution is 5.73. The number of carbonyl (C=O) groups is 1. The molecule has 0 spiro atoms. The molecule has 3 nitrogen and oxygen atoms in total. The predicted octanol–water partition coefficient (Wildman–Crippen LogP) is 5.24. The fourth-order valence-electron chi connectivity index (χ4n) is 12.4. The molecular weight excluding hydrogens is 372 g/mol. The Bertz CT molecular complexity index is 734. The number of fused-ring (bicyclic) bond motifs is 19. The molecular formula is C27H40O3. The van der Waals surface area contributed by atoms with Crippen LogP contribution in [0.4, 0.5) is 0 Å². The van der Waals surface area contributed by atoms with Crippen LogP contribution in [-0.2, 0) is 14.3 Å². The maximum atomic E-state index is 12.7. The van der Waals surface area contributed by atoms with Crippen LogP contribution in [0.5, 0.6) is 0 Å². The molecule has 6 bridgehead atoms. The summed E-state index contributed by atoms with van der Waals surface area (Å²) in [5.74, 6) is 13.9. The van der Waals surface area contributed by atoms with Crippen molar-refractivity contribution in [2.45, 2.75) is 58.8 Å². The third-order valence-corrected chi connectivity index (χ3v) is 12.4. The lowest BCUT2D eigenvalue weighted by Gasteiger charge is -2.50. The molecule has 15 unspecified atom stereocenters. The van der Waals surface area contributed by atoms with E-state index in [1.807, 2.05) is 0 Å². The summed E-state index contributed by atoms with van der Waals surface area (Å²) in [6.07, 6.45) is 9.92. The largest absolute Gasteiger partial charge is 0.438 e. The van der Waals surface area contributed by atoms with Gasteiger partial charge in [0.2, 0.25) is 0 Å². The Labute approximate surface area is 182 Å². The topological polar surface area (TPSA) is 35.5 Å². The average Bonchev–Trinajstić information content (AvgIpc) is 3.58. The van der Waals surface area contributed by atoms with E-state index in [2.05, 4.69) is 13.8 Å². The van der Waals surface area contributed by atoms with Gasteiger partial charge in [0.25, 0.3) is 0 Å². The number of esters is 1. The lowest BCUT2D eigenvalue weighted by Crippen LogP contribution is -2.47. The average molecular weight is 413 g/mol. The van der Waals surface area contributed by atoms with Crippen molar-refractivity contribution in [2.75, 3.05) is 13.9 Å². The lowest BCUT2D eigenvalue weighted by molar-refractivity contribution is -0.163. The van der Waals surface area contributed by atoms with Gasteiger partial charge in [0.1, 0.15) is 0 Å². The Hall–Kier alpha value is -0.570. The van der Waals surface area contributed by atoms with E-state index < -0.39 is 0 Å². The van der Waals surface area contributed by atoms with Gasteiger partial charge in [0.15, 0.2) is 6.79 Å². The maximum Gasteiger partial charge on any atom is 0.311 e. The van der Waals surface area contributed by atoms with Crippen molar-refractivity contribution in [3.05, 3.63) is 0 Å². The van der Waals surface area contributed by atoms with Crippen molar-refractivity contribution < 1.29 is 14.3 Å². The highest BCUT2D eigenvalue weighted by atomic mass is 16.7. The first-order valence-corrected chi connectivity index (χ1v) is 13.3. The second kappa shape index (κ2) is 6.49. The predicted molar refractivity (Wildman–Crippen MR) is 114 cm³/mol. The second-order valence-electron chi connectivity index (χ2n) is 12.5. The number of ether oxygens (including phenoxy) is 2. The van der Waals surface area contributed by atoms with Gasteiger partial charge >= 0.3 is 5.97 Å². The minimum Gasteiger partial charge on any atom is -0.438 e. The van der Waals surface area contributed by atoms with E-state index >= 15 is 0 Å². The van der Waals surface area contributed by atoms with Crippen LogP contribution in [0.25, 0.3) is 0 Å². The molecule has 0 aliphatic heterocycles. The van der Waals surface area contributed by atoms with Gasteiger partial charge in [-0.2, -0.15) is 0 Å². The van der Waals surface area contributed by atoms with Crippen LogP contribution >= 0.6 is 0 Å². The summed E-state index contributed by atoms with van der Waals surface area (Å²) in [5, 5.41) is 0. The summed E-state index contributed by atoms with van der Waals surface area (Å²) < 4.78 is 10.5. The van der Waals surface area contributed by atoms with Crippen molar-refractivity contribution in [1.82, 2.24) is 0 Å². The first-order chi connectivity index (χ1) is 14.7. The Balaban J connectivity index is 1.17. The summed E-state index contributed by atoms with van der Waals surface area (Å²) in [5.41, 5.74) is 0. The summed E-state index contributed by atoms with van der Waals surface area (Å²) in [6.45, 7) is 5.06. The summed E-state index contributed by atoms with van der Waals surface area (Å²) in [6, 6.07) is 0. The zero-order valence-electron chi connectivity index (χ0n) is 19.0. The van der Waals surface area contributed by atoms with E-state index in [0.717, 1.165) is 83.4 Å². The van der Waals surface area contributed by atoms with Gasteiger partial charge in [-0.3, -0.25) is 4.79 Å². The molecule has 0 aromatic rings. The molecule has 7 rings (SSSR count). The molecule has 0 radical (unpaired) electrons. The standard InChI is InChI=1S/C27H40O3/c1-4-12-6-13(5-2)22-18-9-17(21(12)22)25-19-10-20(26(18)25)24-15-7-14(23(19)24)8-16(15)27(28)30-11-29-3/h12-26H,4-11H2,1-3H3. The van der Waals surface area contributed by atoms with Gasteiger partial charge in [0.05, 0.1) is 5.92 Å². The Morgan fingerprint density at radius 1 is 0.700 bits per heavy atom. The van der Waals surface area contributed by atoms with Crippen LogP contribution in [0.2, 0.25) is 0 Å². The van der Waals surface area contributed by atoms with Gasteiger partial charge in [-0.25, -0.2) is 0 Å². The number of hydrogen-bond acceptors (Lipinski definition) is 3. The number of hydrogen-bond donors (Lipinski definition) is 0. The Morgan fingerprint density at radius 3 is 1.87 bits per heavy atom. The van der Waals surface area contributed by atoms with Crippen molar-refractivity contribution in [1.29, 1.82) is 0 Å². The molecule has 7 aliphatic rings. The van der Waals surface area contributed by atoms with Gasteiger partial charge < -0.3 is 9.47 Å². The molecule has 0 aromatic carbocycles. The highest BCUT2D eigenvalue weighted by Gasteiger charge is 2.75. The second-order valence-corrected chi connectivity index (χ2v) is 12.5. The van der Waals surface area contributed by atoms with E-state index in [4.69, 9.17) is 9.47 Å². The molecule has 166 valence electrons. The van der Waals surface area contributed by atoms with Crippen molar-refractivity contribution in [3.63, 3.8) is 0 Å². The first-order valence-electron chi connectivity index (χ1n) is 13.3. The van der Waals surface area contributed by atoms with Gasteiger partial charge in [0, 0.05) is 7.11 Å². The summed E-state index contributed by atoms with van der Waals surface area (Å²) in [4.78, 5) is 12.7. The minimum atomic E-state index is 0.0442. The minimum absolute atomic E-state index is 0.0442. The molecule has 0 N–H and O–H groups in total. The van der Waals surface area contributed by atoms with Gasteiger partial charge in [-0.05, 0) is 115 Å². The molecule has 0 aromatic heterocycles. The Morgan fingerprint density at radius 2 is 1.27 bits per heavy atom. The number of methoxy groups -OCH3 is 1. The fraction of sp³-hybridized carbons (Fsp3) is 0.963. The molecule has 7 aliphatic carbocycles. The van der Waals surface area contributed by atoms with Crippen LogP contribution in [0.15, 0.2) is 0 Å². The monoisotopic (exact) mass is 412 g/mol.